The fourth-order valence-corrected chi connectivity index (χ4v) is 5.95. The number of carbonyl (C=O) groups excluding carboxylic acids is 1. The predicted molar refractivity (Wildman–Crippen MR) is 148 cm³/mol. The van der Waals surface area contributed by atoms with E-state index in [1.54, 1.807) is 6.07 Å². The van der Waals surface area contributed by atoms with Gasteiger partial charge in [-0.2, -0.15) is 0 Å². The number of hydrogen-bond acceptors (Lipinski definition) is 5. The molecule has 3 aromatic carbocycles. The van der Waals surface area contributed by atoms with Crippen molar-refractivity contribution in [3.63, 3.8) is 0 Å². The van der Waals surface area contributed by atoms with Crippen LogP contribution in [0, 0.1) is 13.8 Å². The molecule has 1 heterocycles. The Kier molecular flexibility index (Phi) is 6.97. The maximum absolute atomic E-state index is 13.4. The minimum absolute atomic E-state index is 0.0237. The topological polar surface area (TPSA) is 104 Å². The predicted octanol–water partition coefficient (Wildman–Crippen LogP) is 7.65. The molecule has 0 aromatic heterocycles. The molecular weight excluding hydrogens is 604 g/mol. The Labute approximate surface area is 232 Å². The molecule has 1 aliphatic rings. The van der Waals surface area contributed by atoms with Crippen LogP contribution in [0.25, 0.3) is 0 Å². The molecule has 0 saturated heterocycles. The lowest BCUT2D eigenvalue weighted by Gasteiger charge is -2.35. The zero-order chi connectivity index (χ0) is 27.6. The van der Waals surface area contributed by atoms with Gasteiger partial charge >= 0.3 is 11.9 Å². The molecule has 4 rings (SSSR count). The molecule has 0 fully saturated rings. The van der Waals surface area contributed by atoms with E-state index in [0.717, 1.165) is 0 Å². The normalized spacial score (nSPS) is 14.3. The van der Waals surface area contributed by atoms with Gasteiger partial charge in [-0.25, -0.2) is 9.59 Å². The van der Waals surface area contributed by atoms with Crippen LogP contribution in [0.5, 0.6) is 11.5 Å². The van der Waals surface area contributed by atoms with E-state index in [1.807, 2.05) is 53.7 Å². The summed E-state index contributed by atoms with van der Waals surface area (Å²) in [7, 11) is 0. The monoisotopic (exact) mass is 630 g/mol. The summed E-state index contributed by atoms with van der Waals surface area (Å²) in [5.74, 6) is -1.66. The zero-order valence-electron chi connectivity index (χ0n) is 21.4. The van der Waals surface area contributed by atoms with E-state index in [1.165, 1.54) is 12.1 Å². The summed E-state index contributed by atoms with van der Waals surface area (Å²) >= 11 is 7.09. The molecule has 0 aliphatic carbocycles. The summed E-state index contributed by atoms with van der Waals surface area (Å²) in [6, 6.07) is 8.12. The third-order valence-corrected chi connectivity index (χ3v) is 9.08. The lowest BCUT2D eigenvalue weighted by molar-refractivity contribution is 0.0247. The molecule has 1 aliphatic heterocycles. The molecule has 0 radical (unpaired) electrons. The molecule has 0 unspecified atom stereocenters. The minimum atomic E-state index is -1.46. The standard InChI is InChI=1S/C29H28Br2O6/c1-12(2)17-10-21(14(5)23(30)25(17)32)29(22-11-18(13(3)4)26(33)24(31)15(22)6)20-8-7-16(27(34)35)9-19(20)28(36)37-29/h7-13,32-33H,1-6H3,(H,34,35). The molecule has 6 nitrogen and oxygen atoms in total. The van der Waals surface area contributed by atoms with Crippen LogP contribution in [0.1, 0.15) is 99.2 Å². The number of cyclic esters (lactones) is 1. The summed E-state index contributed by atoms with van der Waals surface area (Å²) in [6.45, 7) is 11.5. The molecule has 3 aromatic rings. The number of ether oxygens (including phenoxy) is 1. The average Bonchev–Trinajstić information content (AvgIpc) is 3.13. The Hall–Kier alpha value is -2.84. The highest BCUT2D eigenvalue weighted by Gasteiger charge is 2.51. The third-order valence-electron chi connectivity index (χ3n) is 7.14. The minimum Gasteiger partial charge on any atom is -0.506 e. The number of phenols is 2. The summed E-state index contributed by atoms with van der Waals surface area (Å²) in [4.78, 5) is 25.1. The van der Waals surface area contributed by atoms with Gasteiger partial charge in [0.1, 0.15) is 11.5 Å². The zero-order valence-corrected chi connectivity index (χ0v) is 24.5. The Morgan fingerprint density at radius 3 is 1.70 bits per heavy atom. The molecule has 37 heavy (non-hydrogen) atoms. The Balaban J connectivity index is 2.24. The van der Waals surface area contributed by atoms with Crippen molar-refractivity contribution in [2.75, 3.05) is 0 Å². The highest BCUT2D eigenvalue weighted by atomic mass is 79.9. The van der Waals surface area contributed by atoms with Crippen molar-refractivity contribution in [3.05, 3.63) is 89.3 Å². The Morgan fingerprint density at radius 1 is 0.838 bits per heavy atom. The Bertz CT molecular complexity index is 1400. The number of carboxylic acids is 1. The van der Waals surface area contributed by atoms with Crippen LogP contribution in [-0.2, 0) is 10.3 Å². The highest BCUT2D eigenvalue weighted by molar-refractivity contribution is 9.11. The van der Waals surface area contributed by atoms with Crippen LogP contribution >= 0.6 is 31.9 Å². The first kappa shape index (κ1) is 27.2. The van der Waals surface area contributed by atoms with Gasteiger partial charge in [-0.05, 0) is 104 Å². The first-order valence-corrected chi connectivity index (χ1v) is 13.5. The van der Waals surface area contributed by atoms with Gasteiger partial charge in [0.25, 0.3) is 0 Å². The van der Waals surface area contributed by atoms with Crippen molar-refractivity contribution in [2.24, 2.45) is 0 Å². The fraction of sp³-hybridized carbons (Fsp3) is 0.310. The van der Waals surface area contributed by atoms with Crippen LogP contribution in [0.15, 0.2) is 39.3 Å². The third kappa shape index (κ3) is 4.05. The molecule has 8 heteroatoms. The van der Waals surface area contributed by atoms with E-state index in [2.05, 4.69) is 31.9 Å². The number of aromatic carboxylic acids is 1. The van der Waals surface area contributed by atoms with Gasteiger partial charge in [0, 0.05) is 16.7 Å². The van der Waals surface area contributed by atoms with Gasteiger partial charge in [0.15, 0.2) is 5.60 Å². The molecular formula is C29H28Br2O6. The largest absolute Gasteiger partial charge is 0.506 e. The average molecular weight is 632 g/mol. The first-order valence-electron chi connectivity index (χ1n) is 11.9. The van der Waals surface area contributed by atoms with Gasteiger partial charge in [0.2, 0.25) is 0 Å². The van der Waals surface area contributed by atoms with E-state index >= 15 is 0 Å². The van der Waals surface area contributed by atoms with Gasteiger partial charge in [0.05, 0.1) is 20.1 Å². The number of carboxylic acid groups (broad SMARTS) is 1. The number of benzene rings is 3. The highest BCUT2D eigenvalue weighted by Crippen LogP contribution is 2.54. The van der Waals surface area contributed by atoms with E-state index < -0.39 is 17.5 Å². The van der Waals surface area contributed by atoms with Crippen LogP contribution in [0.4, 0.5) is 0 Å². The SMILES string of the molecule is Cc1c(C2(c3cc(C(C)C)c(O)c(Br)c3C)OC(=O)c3cc(C(=O)O)ccc32)cc(C(C)C)c(O)c1Br. The van der Waals surface area contributed by atoms with Crippen molar-refractivity contribution < 1.29 is 29.6 Å². The quantitative estimate of drug-likeness (QED) is 0.250. The van der Waals surface area contributed by atoms with Gasteiger partial charge in [-0.15, -0.1) is 0 Å². The van der Waals surface area contributed by atoms with E-state index in [-0.39, 0.29) is 34.5 Å². The van der Waals surface area contributed by atoms with Crippen molar-refractivity contribution >= 4 is 43.8 Å². The van der Waals surface area contributed by atoms with E-state index in [0.29, 0.717) is 47.9 Å². The second-order valence-electron chi connectivity index (χ2n) is 10.0. The maximum Gasteiger partial charge on any atom is 0.340 e. The molecule has 0 atom stereocenters. The summed E-state index contributed by atoms with van der Waals surface area (Å²) in [5, 5.41) is 31.4. The Morgan fingerprint density at radius 2 is 1.30 bits per heavy atom. The van der Waals surface area contributed by atoms with Crippen molar-refractivity contribution in [1.29, 1.82) is 0 Å². The number of rotatable bonds is 5. The fourth-order valence-electron chi connectivity index (χ4n) is 5.07. The van der Waals surface area contributed by atoms with Crippen LogP contribution in [0.2, 0.25) is 0 Å². The smallest absolute Gasteiger partial charge is 0.340 e. The summed E-state index contributed by atoms with van der Waals surface area (Å²) in [6.07, 6.45) is 0. The van der Waals surface area contributed by atoms with Gasteiger partial charge < -0.3 is 20.1 Å². The summed E-state index contributed by atoms with van der Waals surface area (Å²) in [5.41, 5.74) is 3.09. The van der Waals surface area contributed by atoms with Crippen LogP contribution in [-0.4, -0.2) is 27.3 Å². The molecule has 0 amide bonds. The molecule has 0 bridgehead atoms. The number of phenolic OH excluding ortho intramolecular Hbond substituents is 2. The number of esters is 1. The number of aromatic hydroxyl groups is 2. The maximum atomic E-state index is 13.4. The molecule has 194 valence electrons. The molecule has 0 saturated carbocycles. The number of halogens is 2. The first-order chi connectivity index (χ1) is 17.2. The van der Waals surface area contributed by atoms with Gasteiger partial charge in [-0.1, -0.05) is 33.8 Å². The lowest BCUT2D eigenvalue weighted by Crippen LogP contribution is -2.32. The van der Waals surface area contributed by atoms with E-state index in [4.69, 9.17) is 4.74 Å². The number of hydrogen-bond donors (Lipinski definition) is 3. The van der Waals surface area contributed by atoms with E-state index in [9.17, 15) is 24.9 Å². The number of carbonyl (C=O) groups is 2. The second kappa shape index (κ2) is 9.48. The van der Waals surface area contributed by atoms with Crippen molar-refractivity contribution in [1.82, 2.24) is 0 Å². The second-order valence-corrected chi connectivity index (χ2v) is 11.6. The molecule has 3 N–H and O–H groups in total. The summed E-state index contributed by atoms with van der Waals surface area (Å²) < 4.78 is 7.28. The number of fused-ring (bicyclic) bond motifs is 1. The van der Waals surface area contributed by atoms with Gasteiger partial charge in [-0.3, -0.25) is 0 Å². The molecule has 0 spiro atoms. The van der Waals surface area contributed by atoms with Crippen molar-refractivity contribution in [3.8, 4) is 11.5 Å². The van der Waals surface area contributed by atoms with Crippen LogP contribution < -0.4 is 0 Å². The van der Waals surface area contributed by atoms with Crippen molar-refractivity contribution in [2.45, 2.75) is 59.0 Å². The lowest BCUT2D eigenvalue weighted by atomic mass is 9.74. The van der Waals surface area contributed by atoms with Crippen LogP contribution in [0.3, 0.4) is 0 Å².